The van der Waals surface area contributed by atoms with E-state index in [0.717, 1.165) is 35.6 Å². The van der Waals surface area contributed by atoms with E-state index in [1.807, 2.05) is 19.1 Å². The first kappa shape index (κ1) is 11.0. The van der Waals surface area contributed by atoms with E-state index in [1.54, 1.807) is 0 Å². The molecule has 0 saturated heterocycles. The zero-order valence-corrected chi connectivity index (χ0v) is 10.6. The van der Waals surface area contributed by atoms with E-state index >= 15 is 0 Å². The molecule has 1 aliphatic carbocycles. The molecule has 1 saturated carbocycles. The van der Waals surface area contributed by atoms with E-state index in [2.05, 4.69) is 35.1 Å². The molecule has 0 amide bonds. The van der Waals surface area contributed by atoms with Crippen molar-refractivity contribution in [2.24, 2.45) is 0 Å². The second kappa shape index (κ2) is 3.71. The van der Waals surface area contributed by atoms with Gasteiger partial charge in [-0.15, -0.1) is 0 Å². The van der Waals surface area contributed by atoms with Crippen LogP contribution in [0.25, 0.3) is 11.3 Å². The molecule has 0 radical (unpaired) electrons. The third kappa shape index (κ3) is 1.53. The maximum absolute atomic E-state index is 9.23. The van der Waals surface area contributed by atoms with Crippen LogP contribution in [0.3, 0.4) is 0 Å². The highest BCUT2D eigenvalue weighted by Gasteiger charge is 2.48. The van der Waals surface area contributed by atoms with Gasteiger partial charge in [-0.25, -0.2) is 4.98 Å². The SMILES string of the molecule is Cc1ccccc1-c1nc(C2(C#N)CC2)[nH]c1C. The molecular formula is C15H15N3. The lowest BCUT2D eigenvalue weighted by molar-refractivity contribution is 0.818. The molecule has 0 aliphatic heterocycles. The number of nitriles is 1. The average molecular weight is 237 g/mol. The van der Waals surface area contributed by atoms with Gasteiger partial charge in [0.1, 0.15) is 11.2 Å². The molecule has 1 N–H and O–H groups in total. The van der Waals surface area contributed by atoms with Gasteiger partial charge in [0.15, 0.2) is 0 Å². The van der Waals surface area contributed by atoms with E-state index in [9.17, 15) is 5.26 Å². The lowest BCUT2D eigenvalue weighted by Gasteiger charge is -2.02. The van der Waals surface area contributed by atoms with Gasteiger partial charge in [0.25, 0.3) is 0 Å². The van der Waals surface area contributed by atoms with Gasteiger partial charge in [-0.05, 0) is 32.3 Å². The fourth-order valence-corrected chi connectivity index (χ4v) is 2.31. The third-order valence-corrected chi connectivity index (χ3v) is 3.70. The number of H-pyrrole nitrogens is 1. The Bertz CT molecular complexity index is 642. The van der Waals surface area contributed by atoms with Gasteiger partial charge < -0.3 is 4.98 Å². The summed E-state index contributed by atoms with van der Waals surface area (Å²) in [6, 6.07) is 10.6. The van der Waals surface area contributed by atoms with Crippen LogP contribution in [-0.2, 0) is 5.41 Å². The summed E-state index contributed by atoms with van der Waals surface area (Å²) in [4.78, 5) is 7.96. The van der Waals surface area contributed by atoms with Gasteiger partial charge in [0, 0.05) is 11.3 Å². The van der Waals surface area contributed by atoms with Crippen molar-refractivity contribution in [3.05, 3.63) is 41.3 Å². The Morgan fingerprint density at radius 3 is 2.61 bits per heavy atom. The standard InChI is InChI=1S/C15H15N3/c1-10-5-3-4-6-12(10)13-11(2)17-14(18-13)15(9-16)7-8-15/h3-6H,7-8H2,1-2H3,(H,17,18). The number of nitrogens with zero attached hydrogens (tertiary/aromatic N) is 2. The fraction of sp³-hybridized carbons (Fsp3) is 0.333. The van der Waals surface area contributed by atoms with Crippen LogP contribution >= 0.6 is 0 Å². The highest BCUT2D eigenvalue weighted by molar-refractivity contribution is 5.66. The van der Waals surface area contributed by atoms with Gasteiger partial charge in [-0.2, -0.15) is 5.26 Å². The Kier molecular flexibility index (Phi) is 2.27. The summed E-state index contributed by atoms with van der Waals surface area (Å²) in [5, 5.41) is 9.23. The number of imidazole rings is 1. The summed E-state index contributed by atoms with van der Waals surface area (Å²) in [6.07, 6.45) is 1.84. The monoisotopic (exact) mass is 237 g/mol. The predicted molar refractivity (Wildman–Crippen MR) is 70.0 cm³/mol. The van der Waals surface area contributed by atoms with E-state index in [1.165, 1.54) is 5.56 Å². The molecule has 0 unspecified atom stereocenters. The van der Waals surface area contributed by atoms with Crippen LogP contribution in [0.15, 0.2) is 24.3 Å². The Balaban J connectivity index is 2.10. The molecule has 1 aliphatic rings. The maximum Gasteiger partial charge on any atom is 0.127 e. The molecule has 2 aromatic rings. The molecule has 3 heteroatoms. The Morgan fingerprint density at radius 2 is 2.00 bits per heavy atom. The smallest absolute Gasteiger partial charge is 0.127 e. The van der Waals surface area contributed by atoms with Gasteiger partial charge in [0.05, 0.1) is 11.8 Å². The minimum Gasteiger partial charge on any atom is -0.344 e. The van der Waals surface area contributed by atoms with E-state index in [0.29, 0.717) is 0 Å². The van der Waals surface area contributed by atoms with E-state index in [4.69, 9.17) is 0 Å². The summed E-state index contributed by atoms with van der Waals surface area (Å²) in [5.74, 6) is 0.834. The number of aromatic amines is 1. The maximum atomic E-state index is 9.23. The minimum absolute atomic E-state index is 0.342. The number of nitrogens with one attached hydrogen (secondary N) is 1. The number of hydrogen-bond donors (Lipinski definition) is 1. The van der Waals surface area contributed by atoms with Crippen LogP contribution in [0.4, 0.5) is 0 Å². The molecule has 0 spiro atoms. The second-order valence-electron chi connectivity index (χ2n) is 5.07. The summed E-state index contributed by atoms with van der Waals surface area (Å²) in [5.41, 5.74) is 4.03. The molecule has 1 fully saturated rings. The van der Waals surface area contributed by atoms with E-state index < -0.39 is 0 Å². The summed E-state index contributed by atoms with van der Waals surface area (Å²) in [6.45, 7) is 4.10. The first-order chi connectivity index (χ1) is 8.66. The van der Waals surface area contributed by atoms with Crippen molar-refractivity contribution in [1.29, 1.82) is 5.26 Å². The van der Waals surface area contributed by atoms with Crippen molar-refractivity contribution in [2.45, 2.75) is 32.1 Å². The molecule has 0 atom stereocenters. The van der Waals surface area contributed by atoms with Gasteiger partial charge in [-0.3, -0.25) is 0 Å². The van der Waals surface area contributed by atoms with Crippen molar-refractivity contribution in [3.63, 3.8) is 0 Å². The molecule has 18 heavy (non-hydrogen) atoms. The highest BCUT2D eigenvalue weighted by atomic mass is 15.0. The fourth-order valence-electron chi connectivity index (χ4n) is 2.31. The van der Waals surface area contributed by atoms with Gasteiger partial charge in [0.2, 0.25) is 0 Å². The molecule has 3 nitrogen and oxygen atoms in total. The number of aryl methyl sites for hydroxylation is 2. The third-order valence-electron chi connectivity index (χ3n) is 3.70. The van der Waals surface area contributed by atoms with Crippen molar-refractivity contribution in [1.82, 2.24) is 9.97 Å². The normalized spacial score (nSPS) is 16.3. The topological polar surface area (TPSA) is 52.5 Å². The molecule has 90 valence electrons. The Morgan fingerprint density at radius 1 is 1.28 bits per heavy atom. The minimum atomic E-state index is -0.342. The summed E-state index contributed by atoms with van der Waals surface area (Å²) >= 11 is 0. The molecule has 1 aromatic carbocycles. The van der Waals surface area contributed by atoms with Crippen molar-refractivity contribution < 1.29 is 0 Å². The van der Waals surface area contributed by atoms with Crippen molar-refractivity contribution in [3.8, 4) is 17.3 Å². The number of rotatable bonds is 2. The van der Waals surface area contributed by atoms with E-state index in [-0.39, 0.29) is 5.41 Å². The highest BCUT2D eigenvalue weighted by Crippen LogP contribution is 2.46. The van der Waals surface area contributed by atoms with Crippen molar-refractivity contribution >= 4 is 0 Å². The Labute approximate surface area is 106 Å². The molecular weight excluding hydrogens is 222 g/mol. The number of benzene rings is 1. The van der Waals surface area contributed by atoms with Crippen LogP contribution in [0, 0.1) is 25.2 Å². The zero-order valence-electron chi connectivity index (χ0n) is 10.6. The number of aromatic nitrogens is 2. The predicted octanol–water partition coefficient (Wildman–Crippen LogP) is 3.25. The van der Waals surface area contributed by atoms with Gasteiger partial charge in [-0.1, -0.05) is 24.3 Å². The lowest BCUT2D eigenvalue weighted by Crippen LogP contribution is -2.04. The first-order valence-electron chi connectivity index (χ1n) is 6.21. The van der Waals surface area contributed by atoms with Crippen LogP contribution in [0.1, 0.15) is 29.9 Å². The largest absolute Gasteiger partial charge is 0.344 e. The molecule has 1 heterocycles. The second-order valence-corrected chi connectivity index (χ2v) is 5.07. The average Bonchev–Trinajstić information content (AvgIpc) is 3.08. The van der Waals surface area contributed by atoms with Crippen LogP contribution in [0.2, 0.25) is 0 Å². The Hall–Kier alpha value is -2.08. The van der Waals surface area contributed by atoms with Gasteiger partial charge >= 0.3 is 0 Å². The first-order valence-corrected chi connectivity index (χ1v) is 6.21. The van der Waals surface area contributed by atoms with Crippen LogP contribution in [0.5, 0.6) is 0 Å². The van der Waals surface area contributed by atoms with Crippen LogP contribution in [-0.4, -0.2) is 9.97 Å². The molecule has 3 rings (SSSR count). The molecule has 0 bridgehead atoms. The quantitative estimate of drug-likeness (QED) is 0.871. The van der Waals surface area contributed by atoms with Crippen molar-refractivity contribution in [2.75, 3.05) is 0 Å². The van der Waals surface area contributed by atoms with Crippen LogP contribution < -0.4 is 0 Å². The zero-order chi connectivity index (χ0) is 12.8. The lowest BCUT2D eigenvalue weighted by atomic mass is 10.1. The summed E-state index contributed by atoms with van der Waals surface area (Å²) in [7, 11) is 0. The number of hydrogen-bond acceptors (Lipinski definition) is 2. The summed E-state index contributed by atoms with van der Waals surface area (Å²) < 4.78 is 0. The molecule has 1 aromatic heterocycles.